The second-order valence-corrected chi connectivity index (χ2v) is 30.1. The molecule has 6 aliphatic heterocycles. The highest BCUT2D eigenvalue weighted by molar-refractivity contribution is 6.06. The van der Waals surface area contributed by atoms with Crippen LogP contribution in [-0.4, -0.2) is 234 Å². The third-order valence-corrected chi connectivity index (χ3v) is 21.7. The average molecular weight is 1800 g/mol. The van der Waals surface area contributed by atoms with Gasteiger partial charge in [0.1, 0.15) is 79.7 Å². The van der Waals surface area contributed by atoms with Crippen molar-refractivity contribution in [3.8, 4) is 0 Å². The molecule has 15 atom stereocenters. The van der Waals surface area contributed by atoms with Gasteiger partial charge in [0.25, 0.3) is 11.8 Å². The summed E-state index contributed by atoms with van der Waals surface area (Å²) in [5.74, 6) is -5.60. The van der Waals surface area contributed by atoms with Crippen LogP contribution < -0.4 is 47.9 Å². The number of carboxylic acid groups (broad SMARTS) is 3. The van der Waals surface area contributed by atoms with Crippen molar-refractivity contribution in [3.05, 3.63) is 264 Å². The van der Waals surface area contributed by atoms with E-state index < -0.39 is 158 Å². The van der Waals surface area contributed by atoms with Crippen LogP contribution in [0.4, 0.5) is 36.2 Å². The van der Waals surface area contributed by atoms with E-state index in [-0.39, 0.29) is 70.5 Å². The van der Waals surface area contributed by atoms with Gasteiger partial charge in [-0.15, -0.1) is 0 Å². The van der Waals surface area contributed by atoms with Crippen molar-refractivity contribution in [2.24, 2.45) is 0 Å². The summed E-state index contributed by atoms with van der Waals surface area (Å²) >= 11 is 0. The molecule has 6 aliphatic rings. The van der Waals surface area contributed by atoms with Crippen LogP contribution in [0.25, 0.3) is 45.6 Å². The first-order valence-electron chi connectivity index (χ1n) is 41.8. The van der Waals surface area contributed by atoms with Gasteiger partial charge in [-0.1, -0.05) is 133 Å². The number of ether oxygens (including phenoxy) is 9. The summed E-state index contributed by atoms with van der Waals surface area (Å²) in [5, 5.41) is 52.6. The van der Waals surface area contributed by atoms with E-state index >= 15 is 0 Å². The van der Waals surface area contributed by atoms with Crippen molar-refractivity contribution < 1.29 is 105 Å². The van der Waals surface area contributed by atoms with Gasteiger partial charge in [0.2, 0.25) is 5.91 Å². The number of imidazole rings is 3. The number of carboxylic acids is 3. The molecule has 6 aromatic carbocycles. The second-order valence-electron chi connectivity index (χ2n) is 30.1. The topological polar surface area (TPSA) is 536 Å². The van der Waals surface area contributed by atoms with Crippen LogP contribution in [-0.2, 0) is 53.8 Å². The summed E-state index contributed by atoms with van der Waals surface area (Å²) in [6.07, 6.45) is 5.03. The van der Waals surface area contributed by atoms with E-state index in [1.807, 2.05) is 103 Å². The van der Waals surface area contributed by atoms with Crippen molar-refractivity contribution in [1.82, 2.24) is 90.5 Å². The first-order valence-corrected chi connectivity index (χ1v) is 41.8. The lowest BCUT2D eigenvalue weighted by molar-refractivity contribution is -0.146. The summed E-state index contributed by atoms with van der Waals surface area (Å²) in [4.78, 5) is 149. The van der Waals surface area contributed by atoms with Crippen LogP contribution >= 0.6 is 0 Å². The highest BCUT2D eigenvalue weighted by Gasteiger charge is 2.57. The lowest BCUT2D eigenvalue weighted by Gasteiger charge is -2.22. The Bertz CT molecular complexity index is 6310. The molecule has 12 N–H and O–H groups in total. The smallest absolute Gasteiger partial charge is 0.336 e. The quantitative estimate of drug-likeness (QED) is 0.0231. The summed E-state index contributed by atoms with van der Waals surface area (Å²) < 4.78 is 76.2. The number of hydrogen-bond acceptors (Lipinski definition) is 27. The predicted molar refractivity (Wildman–Crippen MR) is 464 cm³/mol. The fourth-order valence-corrected chi connectivity index (χ4v) is 15.7. The van der Waals surface area contributed by atoms with E-state index in [0.717, 1.165) is 22.8 Å². The SMILES string of the molecule is CCNC(=O)Nc1ncnc2c1ncn2C1OC(CNC(=O)Cc2c(F)cccc2C(=O)O)C2O[C@H](/C=C/c3ccccc3)OC21.CCNC(=O)Nc1ncnc2c1ncn2C1OC(CNC(=O)c2ccccc2C(=O)O)C2O[C@H](/C=C/c3ccccc3)OC21.CCNC(=O)Nc1ncnc2c1ncn2C1OC(CNC(=O)c2ccccc2C(=O)O)C2O[C@H](c3ccccc3)OC21. The molecule has 12 unspecified atom stereocenters. The number of anilines is 3. The van der Waals surface area contributed by atoms with Crippen LogP contribution in [0.5, 0.6) is 0 Å². The monoisotopic (exact) mass is 1800 g/mol. The van der Waals surface area contributed by atoms with Crippen molar-refractivity contribution in [2.75, 3.05) is 55.2 Å². The highest BCUT2D eigenvalue weighted by Crippen LogP contribution is 2.47. The molecule has 6 saturated heterocycles. The molecular weight excluding hydrogens is 1720 g/mol. The van der Waals surface area contributed by atoms with Gasteiger partial charge >= 0.3 is 36.0 Å². The number of nitrogens with zero attached hydrogens (tertiary/aromatic N) is 12. The zero-order valence-electron chi connectivity index (χ0n) is 70.3. The maximum Gasteiger partial charge on any atom is 0.336 e. The Hall–Kier alpha value is -15.4. The molecule has 0 spiro atoms. The van der Waals surface area contributed by atoms with Crippen LogP contribution in [0.3, 0.4) is 0 Å². The lowest BCUT2D eigenvalue weighted by atomic mass is 10.0. The van der Waals surface area contributed by atoms with Crippen LogP contribution in [0.1, 0.15) is 120 Å². The van der Waals surface area contributed by atoms with Crippen molar-refractivity contribution in [2.45, 2.75) is 120 Å². The minimum atomic E-state index is -1.33. The first-order chi connectivity index (χ1) is 64.2. The Kier molecular flexibility index (Phi) is 27.9. The zero-order valence-corrected chi connectivity index (χ0v) is 70.3. The number of fused-ring (bicyclic) bond motifs is 6. The molecule has 6 aromatic heterocycles. The highest BCUT2D eigenvalue weighted by atomic mass is 19.1. The number of carbonyl (C=O) groups is 9. The third-order valence-electron chi connectivity index (χ3n) is 21.7. The van der Waals surface area contributed by atoms with E-state index in [0.29, 0.717) is 53.1 Å². The molecular formula is C89H86FN21O21. The fourth-order valence-electron chi connectivity index (χ4n) is 15.7. The normalized spacial score (nSPS) is 22.6. The number of aromatic nitrogens is 12. The number of halogens is 1. The number of aromatic carboxylic acids is 3. The third kappa shape index (κ3) is 20.1. The molecule has 132 heavy (non-hydrogen) atoms. The summed E-state index contributed by atoms with van der Waals surface area (Å²) in [7, 11) is 0. The number of amides is 9. The molecule has 42 nitrogen and oxygen atoms in total. The summed E-state index contributed by atoms with van der Waals surface area (Å²) in [5.41, 5.74) is 4.24. The van der Waals surface area contributed by atoms with E-state index in [9.17, 15) is 62.9 Å². The van der Waals surface area contributed by atoms with Crippen molar-refractivity contribution in [1.29, 1.82) is 0 Å². The van der Waals surface area contributed by atoms with Crippen molar-refractivity contribution >= 4 is 117 Å². The number of nitrogens with one attached hydrogen (secondary N) is 9. The average Bonchev–Trinajstić information content (AvgIpc) is 1.60. The van der Waals surface area contributed by atoms with E-state index in [1.165, 1.54) is 74.4 Å². The van der Waals surface area contributed by atoms with Gasteiger partial charge in [0.15, 0.2) is 88.5 Å². The lowest BCUT2D eigenvalue weighted by Crippen LogP contribution is -2.40. The van der Waals surface area contributed by atoms with E-state index in [4.69, 9.17) is 42.6 Å². The maximum absolute atomic E-state index is 14.4. The van der Waals surface area contributed by atoms with Gasteiger partial charge < -0.3 is 89.9 Å². The minimum Gasteiger partial charge on any atom is -0.478 e. The Morgan fingerprint density at radius 3 is 1.11 bits per heavy atom. The maximum atomic E-state index is 14.4. The van der Waals surface area contributed by atoms with Gasteiger partial charge in [0.05, 0.1) is 53.2 Å². The Balaban J connectivity index is 0.000000145. The molecule has 680 valence electrons. The largest absolute Gasteiger partial charge is 0.478 e. The van der Waals surface area contributed by atoms with Gasteiger partial charge in [-0.3, -0.25) is 44.0 Å². The summed E-state index contributed by atoms with van der Waals surface area (Å²) in [6, 6.07) is 43.0. The molecule has 6 fully saturated rings. The van der Waals surface area contributed by atoms with E-state index in [2.05, 4.69) is 92.7 Å². The zero-order chi connectivity index (χ0) is 92.1. The molecule has 0 saturated carbocycles. The second kappa shape index (κ2) is 41.0. The van der Waals surface area contributed by atoms with Gasteiger partial charge in [-0.05, 0) is 80.4 Å². The molecule has 9 amide bonds. The summed E-state index contributed by atoms with van der Waals surface area (Å²) in [6.45, 7) is 6.66. The van der Waals surface area contributed by atoms with Crippen molar-refractivity contribution in [3.63, 3.8) is 0 Å². The molecule has 0 radical (unpaired) electrons. The van der Waals surface area contributed by atoms with Crippen LogP contribution in [0, 0.1) is 5.82 Å². The molecule has 18 rings (SSSR count). The Morgan fingerprint density at radius 2 is 0.712 bits per heavy atom. The van der Waals surface area contributed by atoms with E-state index in [1.54, 1.807) is 70.9 Å². The Morgan fingerprint density at radius 1 is 0.371 bits per heavy atom. The predicted octanol–water partition coefficient (Wildman–Crippen LogP) is 8.18. The number of rotatable bonds is 27. The number of carbonyl (C=O) groups excluding carboxylic acids is 6. The molecule has 0 aliphatic carbocycles. The molecule has 43 heteroatoms. The first kappa shape index (κ1) is 90.0. The van der Waals surface area contributed by atoms with Gasteiger partial charge in [-0.25, -0.2) is 78.0 Å². The molecule has 0 bridgehead atoms. The molecule has 12 heterocycles. The molecule has 12 aromatic rings. The minimum absolute atomic E-state index is 0.00847. The number of hydrogen-bond donors (Lipinski definition) is 12. The fraction of sp³-hybridized carbons (Fsp3) is 0.281. The Labute approximate surface area is 748 Å². The van der Waals surface area contributed by atoms with Gasteiger partial charge in [-0.2, -0.15) is 0 Å². The standard InChI is InChI=1S/C31H30FN7O7.C30H29N7O7.C28H27N7O7/c1-2-33-31(43)38-27-24-28(36-15-35-27)39(16-37-24)29-26-25(45-23(46-26)12-11-17-7-4-3-5-8-17)21(44-29)14-34-22(40)13-19-18(30(41)42)9-6-10-20(19)32;1-2-31-30(41)36-25-22-26(34-15-33-25)37(16-35-22)28-24-23(43-21(44-24)13-12-17-8-4-3-5-9-17)20(42-28)14-32-27(38)18-10-6-7-11-19(18)29(39)40;1-2-29-28(39)34-22-19-23(32-13-31-22)35(14-33-19)25-21-20(41-27(42-21)15-8-4-3-5-9-15)18(40-25)12-30-24(36)16-10-6-7-11-17(16)26(37)38/h3-12,15-16,21,23,25-26,29H,2,13-14H2,1H3,(H,34,40)(H,41,42)(H2,33,35,36,38,43);3-13,15-16,20-21,23-24,28H,2,14H2,1H3,(H,32,38)(H,39,40)(H2,31,33,34,36,41);3-11,13-14,18,20-21,25,27H,2,12H2,1H3,(H,30,36)(H,37,38)(H2,29,31,32,34,39)/b12-11+;13-12+;/t21?,23-,25?,26?,29?;20?,21-,23?,24?,28?;18?,20?,21?,25?,27-/m000/s1. The number of benzene rings is 6. The van der Waals surface area contributed by atoms with Crippen LogP contribution in [0.2, 0.25) is 0 Å². The van der Waals surface area contributed by atoms with Gasteiger partial charge in [0, 0.05) is 50.4 Å². The van der Waals surface area contributed by atoms with Crippen LogP contribution in [0.15, 0.2) is 208 Å². The number of urea groups is 3.